The molecule has 1 aromatic heterocycles. The lowest BCUT2D eigenvalue weighted by molar-refractivity contribution is -0.123. The van der Waals surface area contributed by atoms with E-state index in [2.05, 4.69) is 10.3 Å². The minimum absolute atomic E-state index is 0.0662. The summed E-state index contributed by atoms with van der Waals surface area (Å²) in [5.41, 5.74) is 1.56. The molecule has 4 aromatic rings. The van der Waals surface area contributed by atoms with Crippen LogP contribution in [-0.4, -0.2) is 39.7 Å². The number of halogens is 2. The van der Waals surface area contributed by atoms with Crippen LogP contribution < -0.4 is 19.8 Å². The van der Waals surface area contributed by atoms with Crippen molar-refractivity contribution < 1.29 is 28.6 Å². The molecule has 0 spiro atoms. The van der Waals surface area contributed by atoms with E-state index in [0.717, 1.165) is 21.2 Å². The minimum atomic E-state index is -0.538. The summed E-state index contributed by atoms with van der Waals surface area (Å²) < 4.78 is 19.8. The fourth-order valence-corrected chi connectivity index (χ4v) is 11.0. The maximum Gasteiger partial charge on any atom is 0.305 e. The number of aromatic nitrogens is 1. The van der Waals surface area contributed by atoms with Crippen LogP contribution >= 0.6 is 34.7 Å². The number of ether oxygens (including phenoxy) is 1. The van der Waals surface area contributed by atoms with Gasteiger partial charge in [-0.15, -0.1) is 11.8 Å². The Hall–Kier alpha value is -4.13. The summed E-state index contributed by atoms with van der Waals surface area (Å²) in [7, 11) is 0. The van der Waals surface area contributed by atoms with E-state index in [4.69, 9.17) is 16.3 Å². The number of imide groups is 1. The van der Waals surface area contributed by atoms with Crippen LogP contribution in [0.2, 0.25) is 5.02 Å². The first-order valence-corrected chi connectivity index (χ1v) is 16.8. The number of phenolic OH excluding ortho intramolecular Hbond substituents is 1. The molecule has 3 heterocycles. The average molecular weight is 678 g/mol. The van der Waals surface area contributed by atoms with Crippen LogP contribution in [0.15, 0.2) is 76.6 Å². The SMILES string of the molecule is O=C(COc1ccc(Cl)cc1[C@H]1c2sc(=O)[nH]c2SC2C1[C@H]1C[C@@H]2C2C(=O)N(c3ccc(F)cc3)C(=O)C21)Nc1ccc(O)cc1. The zero-order chi connectivity index (χ0) is 31.9. The third-order valence-corrected chi connectivity index (χ3v) is 12.4. The van der Waals surface area contributed by atoms with Gasteiger partial charge in [-0.05, 0) is 90.9 Å². The Kier molecular flexibility index (Phi) is 7.00. The lowest BCUT2D eigenvalue weighted by Gasteiger charge is -2.43. The fourth-order valence-electron chi connectivity index (χ4n) is 7.99. The maximum atomic E-state index is 14.0. The highest BCUT2D eigenvalue weighted by Gasteiger charge is 2.69. The molecule has 46 heavy (non-hydrogen) atoms. The molecule has 3 N–H and O–H groups in total. The second-order valence-corrected chi connectivity index (χ2v) is 14.7. The van der Waals surface area contributed by atoms with Gasteiger partial charge in [0.05, 0.1) is 22.5 Å². The van der Waals surface area contributed by atoms with Crippen molar-refractivity contribution in [2.24, 2.45) is 29.6 Å². The molecule has 1 saturated heterocycles. The highest BCUT2D eigenvalue weighted by Crippen LogP contribution is 2.69. The number of carbonyl (C=O) groups excluding carboxylic acids is 3. The minimum Gasteiger partial charge on any atom is -0.508 e. The van der Waals surface area contributed by atoms with Crippen molar-refractivity contribution in [2.75, 3.05) is 16.8 Å². The van der Waals surface area contributed by atoms with Gasteiger partial charge >= 0.3 is 4.87 Å². The Morgan fingerprint density at radius 1 is 1.02 bits per heavy atom. The number of amides is 3. The van der Waals surface area contributed by atoms with Gasteiger partial charge in [-0.2, -0.15) is 0 Å². The van der Waals surface area contributed by atoms with Crippen molar-refractivity contribution >= 4 is 63.8 Å². The molecule has 9 nitrogen and oxygen atoms in total. The second kappa shape index (κ2) is 11.0. The van der Waals surface area contributed by atoms with E-state index in [1.165, 1.54) is 41.3 Å². The van der Waals surface area contributed by atoms with Gasteiger partial charge in [0, 0.05) is 32.3 Å². The summed E-state index contributed by atoms with van der Waals surface area (Å²) in [6.45, 7) is -0.308. The number of hydrogen-bond acceptors (Lipinski definition) is 8. The highest BCUT2D eigenvalue weighted by atomic mass is 35.5. The number of thiazole rings is 1. The number of hydrogen-bond donors (Lipinski definition) is 3. The van der Waals surface area contributed by atoms with Gasteiger partial charge in [0.15, 0.2) is 6.61 Å². The number of thioether (sulfide) groups is 1. The first-order chi connectivity index (χ1) is 22.2. The summed E-state index contributed by atoms with van der Waals surface area (Å²) in [5.74, 6) is -2.70. The second-order valence-electron chi connectivity index (χ2n) is 12.0. The molecule has 2 saturated carbocycles. The molecule has 3 fully saturated rings. The number of nitrogens with zero attached hydrogens (tertiary/aromatic N) is 1. The largest absolute Gasteiger partial charge is 0.508 e. The fraction of sp³-hybridized carbons (Fsp3) is 0.273. The van der Waals surface area contributed by atoms with Crippen LogP contribution in [0.3, 0.4) is 0 Å². The van der Waals surface area contributed by atoms with Crippen molar-refractivity contribution in [2.45, 2.75) is 22.6 Å². The number of carbonyl (C=O) groups is 3. The topological polar surface area (TPSA) is 129 Å². The predicted octanol–water partition coefficient (Wildman–Crippen LogP) is 5.63. The Balaban J connectivity index is 1.14. The Bertz CT molecular complexity index is 1970. The van der Waals surface area contributed by atoms with E-state index in [0.29, 0.717) is 34.1 Å². The van der Waals surface area contributed by atoms with Gasteiger partial charge in [-0.1, -0.05) is 22.9 Å². The number of phenols is 1. The molecular formula is C33H25ClFN3O6S2. The zero-order valence-corrected chi connectivity index (χ0v) is 26.2. The summed E-state index contributed by atoms with van der Waals surface area (Å²) in [6, 6.07) is 16.6. The molecule has 4 unspecified atom stereocenters. The number of fused-ring (bicyclic) bond motifs is 9. The quantitative estimate of drug-likeness (QED) is 0.178. The zero-order valence-electron chi connectivity index (χ0n) is 23.8. The Morgan fingerprint density at radius 2 is 1.74 bits per heavy atom. The van der Waals surface area contributed by atoms with Crippen LogP contribution in [0, 0.1) is 35.4 Å². The molecule has 0 radical (unpaired) electrons. The van der Waals surface area contributed by atoms with Crippen LogP contribution in [-0.2, 0) is 14.4 Å². The maximum absolute atomic E-state index is 14.0. The van der Waals surface area contributed by atoms with Crippen molar-refractivity contribution in [3.8, 4) is 11.5 Å². The van der Waals surface area contributed by atoms with Gasteiger partial charge in [0.2, 0.25) is 11.8 Å². The van der Waals surface area contributed by atoms with E-state index in [-0.39, 0.29) is 58.0 Å². The number of aromatic amines is 1. The van der Waals surface area contributed by atoms with Gasteiger partial charge in [0.1, 0.15) is 17.3 Å². The molecule has 2 aliphatic heterocycles. The van der Waals surface area contributed by atoms with Gasteiger partial charge in [0.25, 0.3) is 5.91 Å². The number of H-pyrrole nitrogens is 1. The predicted molar refractivity (Wildman–Crippen MR) is 171 cm³/mol. The third kappa shape index (κ3) is 4.65. The molecule has 3 aromatic carbocycles. The summed E-state index contributed by atoms with van der Waals surface area (Å²) in [4.78, 5) is 58.1. The van der Waals surface area contributed by atoms with Crippen molar-refractivity contribution in [1.82, 2.24) is 4.98 Å². The lowest BCUT2D eigenvalue weighted by Crippen LogP contribution is -2.42. The summed E-state index contributed by atoms with van der Waals surface area (Å²) in [6.07, 6.45) is 0.688. The Morgan fingerprint density at radius 3 is 2.48 bits per heavy atom. The average Bonchev–Trinajstić information content (AvgIpc) is 3.77. The van der Waals surface area contributed by atoms with Crippen molar-refractivity contribution in [3.05, 3.63) is 97.7 Å². The smallest absolute Gasteiger partial charge is 0.305 e. The molecule has 8 rings (SSSR count). The van der Waals surface area contributed by atoms with Crippen LogP contribution in [0.25, 0.3) is 0 Å². The molecule has 4 aliphatic rings. The van der Waals surface area contributed by atoms with E-state index in [1.54, 1.807) is 42.1 Å². The standard InChI is InChI=1S/C33H25ClFN3O6S2/c34-14-1-10-22(44-13-23(40)36-16-4-8-18(39)9-5-16)19(11-14)24-25-20-12-21(28(25)45-30-29(24)46-33(43)37-30)27-26(20)31(41)38(32(27)42)17-6-2-15(35)3-7-17/h1-11,20-21,24-28,39H,12-13H2,(H,36,40)(H,37,43)/t20-,21-,24-,25?,26?,27?,28?/m1/s1. The van der Waals surface area contributed by atoms with Crippen molar-refractivity contribution in [3.63, 3.8) is 0 Å². The molecular weight excluding hydrogens is 653 g/mol. The highest BCUT2D eigenvalue weighted by molar-refractivity contribution is 8.00. The molecule has 13 heteroatoms. The van der Waals surface area contributed by atoms with Crippen LogP contribution in [0.4, 0.5) is 15.8 Å². The number of rotatable bonds is 6. The number of nitrogens with one attached hydrogen (secondary N) is 2. The van der Waals surface area contributed by atoms with Crippen molar-refractivity contribution in [1.29, 1.82) is 0 Å². The van der Waals surface area contributed by atoms with Crippen LogP contribution in [0.1, 0.15) is 22.8 Å². The first-order valence-electron chi connectivity index (χ1n) is 14.7. The monoisotopic (exact) mass is 677 g/mol. The molecule has 2 aliphatic carbocycles. The summed E-state index contributed by atoms with van der Waals surface area (Å²) in [5, 5.41) is 13.4. The van der Waals surface area contributed by atoms with Gasteiger partial charge in [-0.3, -0.25) is 24.1 Å². The van der Waals surface area contributed by atoms with E-state index in [9.17, 15) is 28.7 Å². The number of benzene rings is 3. The number of aromatic hydroxyl groups is 1. The van der Waals surface area contributed by atoms with E-state index in [1.807, 2.05) is 0 Å². The normalized spacial score (nSPS) is 27.3. The number of anilines is 2. The molecule has 234 valence electrons. The lowest BCUT2D eigenvalue weighted by atomic mass is 9.68. The molecule has 3 amide bonds. The molecule has 2 bridgehead atoms. The van der Waals surface area contributed by atoms with E-state index < -0.39 is 23.6 Å². The van der Waals surface area contributed by atoms with Crippen LogP contribution in [0.5, 0.6) is 11.5 Å². The first kappa shape index (κ1) is 29.3. The van der Waals surface area contributed by atoms with E-state index >= 15 is 0 Å². The third-order valence-electron chi connectivity index (χ3n) is 9.63. The van der Waals surface area contributed by atoms with Gasteiger partial charge in [-0.25, -0.2) is 4.39 Å². The summed E-state index contributed by atoms with van der Waals surface area (Å²) >= 11 is 9.21. The van der Waals surface area contributed by atoms with Gasteiger partial charge < -0.3 is 20.1 Å². The Labute approximate surface area is 274 Å². The molecule has 7 atom stereocenters.